The van der Waals surface area contributed by atoms with Gasteiger partial charge in [-0.1, -0.05) is 6.07 Å². The van der Waals surface area contributed by atoms with Gasteiger partial charge < -0.3 is 10.0 Å². The van der Waals surface area contributed by atoms with Crippen LogP contribution in [-0.2, 0) is 16.0 Å². The second-order valence-corrected chi connectivity index (χ2v) is 5.19. The molecule has 1 aromatic carbocycles. The molecule has 1 amide bonds. The van der Waals surface area contributed by atoms with Crippen molar-refractivity contribution in [2.45, 2.75) is 38.1 Å². The summed E-state index contributed by atoms with van der Waals surface area (Å²) in [5.41, 5.74) is 0.520. The number of aliphatic carboxylic acids is 1. The van der Waals surface area contributed by atoms with Crippen LogP contribution in [0, 0.1) is 11.6 Å². The van der Waals surface area contributed by atoms with Gasteiger partial charge in [0.25, 0.3) is 0 Å². The fourth-order valence-electron chi connectivity index (χ4n) is 2.58. The molecule has 1 saturated heterocycles. The number of hydrogen-bond acceptors (Lipinski definition) is 2. The SMILES string of the molecule is O=C(O)[C@@H]1CCCCN1C(=O)CCc1ccc(F)c(F)c1. The summed E-state index contributed by atoms with van der Waals surface area (Å²) >= 11 is 0. The summed E-state index contributed by atoms with van der Waals surface area (Å²) in [6, 6.07) is 2.75. The standard InChI is InChI=1S/C15H17F2NO3/c16-11-6-4-10(9-12(11)17)5-7-14(19)18-8-2-1-3-13(18)15(20)21/h4,6,9,13H,1-3,5,7-8H2,(H,20,21)/t13-/m0/s1. The van der Waals surface area contributed by atoms with Crippen molar-refractivity contribution in [2.24, 2.45) is 0 Å². The van der Waals surface area contributed by atoms with Crippen LogP contribution in [0.3, 0.4) is 0 Å². The molecule has 0 unspecified atom stereocenters. The Hall–Kier alpha value is -1.98. The van der Waals surface area contributed by atoms with E-state index in [2.05, 4.69) is 0 Å². The van der Waals surface area contributed by atoms with Gasteiger partial charge in [-0.2, -0.15) is 0 Å². The molecule has 0 bridgehead atoms. The maximum atomic E-state index is 13.1. The summed E-state index contributed by atoms with van der Waals surface area (Å²) in [5.74, 6) is -3.11. The van der Waals surface area contributed by atoms with Crippen LogP contribution in [-0.4, -0.2) is 34.5 Å². The molecule has 1 N–H and O–H groups in total. The number of piperidine rings is 1. The first-order chi connectivity index (χ1) is 9.99. The minimum Gasteiger partial charge on any atom is -0.480 e. The first kappa shape index (κ1) is 15.4. The molecule has 0 spiro atoms. The Kier molecular flexibility index (Phi) is 4.88. The Balaban J connectivity index is 1.96. The molecule has 0 aliphatic carbocycles. The molecule has 114 valence electrons. The Bertz CT molecular complexity index is 548. The molecule has 2 rings (SSSR count). The van der Waals surface area contributed by atoms with Gasteiger partial charge in [-0.3, -0.25) is 4.79 Å². The van der Waals surface area contributed by atoms with Crippen molar-refractivity contribution in [1.29, 1.82) is 0 Å². The lowest BCUT2D eigenvalue weighted by Gasteiger charge is -2.33. The highest BCUT2D eigenvalue weighted by Crippen LogP contribution is 2.19. The van der Waals surface area contributed by atoms with E-state index in [1.807, 2.05) is 0 Å². The third-order valence-corrected chi connectivity index (χ3v) is 3.72. The maximum absolute atomic E-state index is 13.1. The highest BCUT2D eigenvalue weighted by Gasteiger charge is 2.31. The fraction of sp³-hybridized carbons (Fsp3) is 0.467. The molecule has 6 heteroatoms. The second-order valence-electron chi connectivity index (χ2n) is 5.19. The largest absolute Gasteiger partial charge is 0.480 e. The van der Waals surface area contributed by atoms with Gasteiger partial charge in [0.1, 0.15) is 6.04 Å². The third kappa shape index (κ3) is 3.77. The summed E-state index contributed by atoms with van der Waals surface area (Å²) < 4.78 is 25.9. The highest BCUT2D eigenvalue weighted by atomic mass is 19.2. The number of hydrogen-bond donors (Lipinski definition) is 1. The molecule has 21 heavy (non-hydrogen) atoms. The van der Waals surface area contributed by atoms with Crippen LogP contribution in [0.4, 0.5) is 8.78 Å². The van der Waals surface area contributed by atoms with Crippen LogP contribution in [0.2, 0.25) is 0 Å². The molecule has 1 aliphatic heterocycles. The van der Waals surface area contributed by atoms with Crippen molar-refractivity contribution in [3.05, 3.63) is 35.4 Å². The van der Waals surface area contributed by atoms with Gasteiger partial charge >= 0.3 is 5.97 Å². The van der Waals surface area contributed by atoms with Crippen LogP contribution >= 0.6 is 0 Å². The van der Waals surface area contributed by atoms with Crippen LogP contribution in [0.15, 0.2) is 18.2 Å². The van der Waals surface area contributed by atoms with E-state index in [0.29, 0.717) is 18.5 Å². The minimum atomic E-state index is -0.990. The van der Waals surface area contributed by atoms with Gasteiger partial charge in [-0.05, 0) is 43.4 Å². The molecule has 1 atom stereocenters. The molecule has 0 aromatic heterocycles. The molecule has 4 nitrogen and oxygen atoms in total. The van der Waals surface area contributed by atoms with E-state index < -0.39 is 23.6 Å². The van der Waals surface area contributed by atoms with Crippen molar-refractivity contribution in [2.75, 3.05) is 6.54 Å². The van der Waals surface area contributed by atoms with E-state index in [1.165, 1.54) is 11.0 Å². The Morgan fingerprint density at radius 2 is 2.00 bits per heavy atom. The second kappa shape index (κ2) is 6.65. The summed E-state index contributed by atoms with van der Waals surface area (Å²) in [6.07, 6.45) is 2.41. The summed E-state index contributed by atoms with van der Waals surface area (Å²) in [4.78, 5) is 24.7. The zero-order valence-electron chi connectivity index (χ0n) is 11.5. The lowest BCUT2D eigenvalue weighted by atomic mass is 10.0. The monoisotopic (exact) mass is 297 g/mol. The van der Waals surface area contributed by atoms with Gasteiger partial charge in [0.15, 0.2) is 11.6 Å². The number of carbonyl (C=O) groups excluding carboxylic acids is 1. The molecule has 1 fully saturated rings. The number of amides is 1. The van der Waals surface area contributed by atoms with Crippen LogP contribution in [0.5, 0.6) is 0 Å². The van der Waals surface area contributed by atoms with Gasteiger partial charge in [0.2, 0.25) is 5.91 Å². The number of likely N-dealkylation sites (tertiary alicyclic amines) is 1. The van der Waals surface area contributed by atoms with E-state index in [0.717, 1.165) is 25.0 Å². The Morgan fingerprint density at radius 3 is 2.67 bits per heavy atom. The zero-order valence-corrected chi connectivity index (χ0v) is 11.5. The first-order valence-corrected chi connectivity index (χ1v) is 6.95. The predicted molar refractivity (Wildman–Crippen MR) is 71.7 cm³/mol. The van der Waals surface area contributed by atoms with Crippen molar-refractivity contribution in [3.63, 3.8) is 0 Å². The van der Waals surface area contributed by atoms with E-state index in [-0.39, 0.29) is 18.7 Å². The van der Waals surface area contributed by atoms with Crippen molar-refractivity contribution >= 4 is 11.9 Å². The molecule has 0 saturated carbocycles. The van der Waals surface area contributed by atoms with Crippen LogP contribution < -0.4 is 0 Å². The number of nitrogens with zero attached hydrogens (tertiary/aromatic N) is 1. The summed E-state index contributed by atoms with van der Waals surface area (Å²) in [7, 11) is 0. The summed E-state index contributed by atoms with van der Waals surface area (Å²) in [6.45, 7) is 0.438. The number of benzene rings is 1. The smallest absolute Gasteiger partial charge is 0.326 e. The van der Waals surface area contributed by atoms with Crippen molar-refractivity contribution < 1.29 is 23.5 Å². The molecular weight excluding hydrogens is 280 g/mol. The van der Waals surface area contributed by atoms with Gasteiger partial charge in [0, 0.05) is 13.0 Å². The van der Waals surface area contributed by atoms with E-state index >= 15 is 0 Å². The van der Waals surface area contributed by atoms with Gasteiger partial charge in [-0.25, -0.2) is 13.6 Å². The number of rotatable bonds is 4. The minimum absolute atomic E-state index is 0.0921. The Morgan fingerprint density at radius 1 is 1.24 bits per heavy atom. The molecule has 1 aliphatic rings. The van der Waals surface area contributed by atoms with Crippen LogP contribution in [0.25, 0.3) is 0 Å². The van der Waals surface area contributed by atoms with E-state index in [4.69, 9.17) is 5.11 Å². The number of carboxylic acids is 1. The van der Waals surface area contributed by atoms with Crippen molar-refractivity contribution in [3.8, 4) is 0 Å². The average molecular weight is 297 g/mol. The lowest BCUT2D eigenvalue weighted by molar-refractivity contribution is -0.152. The molecule has 1 aromatic rings. The normalized spacial score (nSPS) is 18.6. The average Bonchev–Trinajstić information content (AvgIpc) is 2.48. The Labute approximate surface area is 121 Å². The molecule has 1 heterocycles. The quantitative estimate of drug-likeness (QED) is 0.928. The van der Waals surface area contributed by atoms with Crippen LogP contribution in [0.1, 0.15) is 31.2 Å². The maximum Gasteiger partial charge on any atom is 0.326 e. The van der Waals surface area contributed by atoms with E-state index in [1.54, 1.807) is 0 Å². The predicted octanol–water partition coefficient (Wildman–Crippen LogP) is 2.36. The number of carbonyl (C=O) groups is 2. The first-order valence-electron chi connectivity index (χ1n) is 6.95. The van der Waals surface area contributed by atoms with Gasteiger partial charge in [-0.15, -0.1) is 0 Å². The number of aryl methyl sites for hydroxylation is 1. The number of halogens is 2. The topological polar surface area (TPSA) is 57.6 Å². The fourth-order valence-corrected chi connectivity index (χ4v) is 2.58. The highest BCUT2D eigenvalue weighted by molar-refractivity contribution is 5.84. The van der Waals surface area contributed by atoms with Crippen molar-refractivity contribution in [1.82, 2.24) is 4.90 Å². The van der Waals surface area contributed by atoms with E-state index in [9.17, 15) is 18.4 Å². The lowest BCUT2D eigenvalue weighted by Crippen LogP contribution is -2.48. The zero-order chi connectivity index (χ0) is 15.4. The van der Waals surface area contributed by atoms with Gasteiger partial charge in [0.05, 0.1) is 0 Å². The molecular formula is C15H17F2NO3. The summed E-state index contributed by atoms with van der Waals surface area (Å²) in [5, 5.41) is 9.12. The third-order valence-electron chi connectivity index (χ3n) is 3.72. The molecule has 0 radical (unpaired) electrons. The number of carboxylic acid groups (broad SMARTS) is 1.